The normalized spacial score (nSPS) is 11.7. The van der Waals surface area contributed by atoms with Crippen LogP contribution in [0, 0.1) is 5.92 Å². The minimum absolute atomic E-state index is 0.0236. The Hall–Kier alpha value is -1.28. The van der Waals surface area contributed by atoms with Crippen LogP contribution in [0.25, 0.3) is 6.08 Å². The highest BCUT2D eigenvalue weighted by Gasteiger charge is 2.09. The standard InChI is InChI=1S/C16H22ClNO/c1-4-6-14(16(19)18-11-12(2)3)9-13-7-5-8-15(17)10-13/h5,7-10,12H,4,6,11H2,1-3H3,(H,18,19)/b14-9-. The third kappa shape index (κ3) is 5.93. The number of halogens is 1. The molecule has 1 amide bonds. The second-order valence-corrected chi connectivity index (χ2v) is 5.51. The van der Waals surface area contributed by atoms with Crippen molar-refractivity contribution in [1.82, 2.24) is 5.32 Å². The van der Waals surface area contributed by atoms with Crippen molar-refractivity contribution in [2.45, 2.75) is 33.6 Å². The van der Waals surface area contributed by atoms with Crippen LogP contribution < -0.4 is 5.32 Å². The predicted octanol–water partition coefficient (Wildman–Crippen LogP) is 4.30. The number of hydrogen-bond acceptors (Lipinski definition) is 1. The van der Waals surface area contributed by atoms with Gasteiger partial charge in [0.1, 0.15) is 0 Å². The Kier molecular flexibility index (Phi) is 6.65. The summed E-state index contributed by atoms with van der Waals surface area (Å²) in [6.45, 7) is 6.94. The summed E-state index contributed by atoms with van der Waals surface area (Å²) in [6.07, 6.45) is 3.64. The second-order valence-electron chi connectivity index (χ2n) is 5.08. The average Bonchev–Trinajstić information content (AvgIpc) is 2.35. The second kappa shape index (κ2) is 8.00. The lowest BCUT2D eigenvalue weighted by Crippen LogP contribution is -2.28. The molecule has 1 aromatic rings. The van der Waals surface area contributed by atoms with Crippen LogP contribution in [0.15, 0.2) is 29.8 Å². The molecule has 0 heterocycles. The van der Waals surface area contributed by atoms with E-state index in [1.165, 1.54) is 0 Å². The maximum atomic E-state index is 12.1. The minimum atomic E-state index is 0.0236. The van der Waals surface area contributed by atoms with Gasteiger partial charge in [-0.2, -0.15) is 0 Å². The summed E-state index contributed by atoms with van der Waals surface area (Å²) in [4.78, 5) is 12.1. The average molecular weight is 280 g/mol. The quantitative estimate of drug-likeness (QED) is 0.773. The lowest BCUT2D eigenvalue weighted by molar-refractivity contribution is -0.117. The number of hydrogen-bond donors (Lipinski definition) is 1. The highest BCUT2D eigenvalue weighted by Crippen LogP contribution is 2.16. The third-order valence-corrected chi connectivity index (χ3v) is 2.91. The van der Waals surface area contributed by atoms with E-state index in [9.17, 15) is 4.79 Å². The van der Waals surface area contributed by atoms with E-state index in [1.54, 1.807) is 0 Å². The molecule has 2 nitrogen and oxygen atoms in total. The lowest BCUT2D eigenvalue weighted by atomic mass is 10.1. The summed E-state index contributed by atoms with van der Waals surface area (Å²) >= 11 is 5.96. The summed E-state index contributed by atoms with van der Waals surface area (Å²) in [5.41, 5.74) is 1.78. The molecule has 0 saturated heterocycles. The van der Waals surface area contributed by atoms with Gasteiger partial charge in [-0.25, -0.2) is 0 Å². The molecule has 0 fully saturated rings. The van der Waals surface area contributed by atoms with Crippen molar-refractivity contribution in [3.63, 3.8) is 0 Å². The van der Waals surface area contributed by atoms with E-state index in [0.717, 1.165) is 24.0 Å². The van der Waals surface area contributed by atoms with E-state index in [2.05, 4.69) is 26.1 Å². The highest BCUT2D eigenvalue weighted by atomic mass is 35.5. The van der Waals surface area contributed by atoms with Crippen molar-refractivity contribution in [2.24, 2.45) is 5.92 Å². The molecule has 104 valence electrons. The molecule has 0 radical (unpaired) electrons. The van der Waals surface area contributed by atoms with Crippen LogP contribution >= 0.6 is 11.6 Å². The molecule has 0 aromatic heterocycles. The van der Waals surface area contributed by atoms with Crippen LogP contribution in [-0.2, 0) is 4.79 Å². The van der Waals surface area contributed by atoms with Gasteiger partial charge < -0.3 is 5.32 Å². The van der Waals surface area contributed by atoms with Crippen molar-refractivity contribution in [1.29, 1.82) is 0 Å². The SMILES string of the molecule is CCC/C(=C/c1cccc(Cl)c1)C(=O)NCC(C)C. The number of benzene rings is 1. The third-order valence-electron chi connectivity index (χ3n) is 2.67. The first-order chi connectivity index (χ1) is 9.02. The maximum absolute atomic E-state index is 12.1. The van der Waals surface area contributed by atoms with E-state index in [1.807, 2.05) is 30.3 Å². The van der Waals surface area contributed by atoms with Crippen LogP contribution in [0.1, 0.15) is 39.2 Å². The maximum Gasteiger partial charge on any atom is 0.247 e. The van der Waals surface area contributed by atoms with Gasteiger partial charge >= 0.3 is 0 Å². The summed E-state index contributed by atoms with van der Waals surface area (Å²) in [5.74, 6) is 0.480. The summed E-state index contributed by atoms with van der Waals surface area (Å²) in [5, 5.41) is 3.65. The van der Waals surface area contributed by atoms with E-state index in [0.29, 0.717) is 17.5 Å². The first kappa shape index (κ1) is 15.8. The molecule has 1 aromatic carbocycles. The van der Waals surface area contributed by atoms with Gasteiger partial charge in [0.15, 0.2) is 0 Å². The van der Waals surface area contributed by atoms with Gasteiger partial charge in [-0.3, -0.25) is 4.79 Å². The molecule has 0 unspecified atom stereocenters. The zero-order valence-electron chi connectivity index (χ0n) is 11.9. The van der Waals surface area contributed by atoms with Gasteiger partial charge in [0.05, 0.1) is 0 Å². The Bertz CT molecular complexity index is 452. The van der Waals surface area contributed by atoms with E-state index < -0.39 is 0 Å². The Morgan fingerprint density at radius 3 is 2.74 bits per heavy atom. The minimum Gasteiger partial charge on any atom is -0.352 e. The molecule has 0 aliphatic rings. The van der Waals surface area contributed by atoms with E-state index in [4.69, 9.17) is 11.6 Å². The van der Waals surface area contributed by atoms with Crippen LogP contribution in [0.2, 0.25) is 5.02 Å². The fraction of sp³-hybridized carbons (Fsp3) is 0.438. The molecule has 0 aliphatic heterocycles. The van der Waals surface area contributed by atoms with Gasteiger partial charge in [0.25, 0.3) is 0 Å². The monoisotopic (exact) mass is 279 g/mol. The van der Waals surface area contributed by atoms with Gasteiger partial charge in [-0.05, 0) is 36.1 Å². The summed E-state index contributed by atoms with van der Waals surface area (Å²) in [6, 6.07) is 7.55. The number of amides is 1. The number of rotatable bonds is 6. The molecule has 0 aliphatic carbocycles. The molecular formula is C16H22ClNO. The largest absolute Gasteiger partial charge is 0.352 e. The molecule has 0 spiro atoms. The molecule has 0 bridgehead atoms. The van der Waals surface area contributed by atoms with Crippen molar-refractivity contribution in [2.75, 3.05) is 6.54 Å². The van der Waals surface area contributed by atoms with Gasteiger partial charge in [0.2, 0.25) is 5.91 Å². The van der Waals surface area contributed by atoms with Crippen LogP contribution in [-0.4, -0.2) is 12.5 Å². The van der Waals surface area contributed by atoms with Crippen LogP contribution in [0.5, 0.6) is 0 Å². The molecular weight excluding hydrogens is 258 g/mol. The Labute approximate surface area is 120 Å². The predicted molar refractivity (Wildman–Crippen MR) is 82.2 cm³/mol. The fourth-order valence-electron chi connectivity index (χ4n) is 1.73. The number of carbonyl (C=O) groups is 1. The van der Waals surface area contributed by atoms with E-state index >= 15 is 0 Å². The first-order valence-corrected chi connectivity index (χ1v) is 7.15. The van der Waals surface area contributed by atoms with Crippen molar-refractivity contribution in [3.8, 4) is 0 Å². The first-order valence-electron chi connectivity index (χ1n) is 6.77. The molecule has 0 atom stereocenters. The molecule has 0 saturated carbocycles. The topological polar surface area (TPSA) is 29.1 Å². The fourth-order valence-corrected chi connectivity index (χ4v) is 1.93. The Morgan fingerprint density at radius 2 is 2.16 bits per heavy atom. The molecule has 1 rings (SSSR count). The Balaban J connectivity index is 2.84. The highest BCUT2D eigenvalue weighted by molar-refractivity contribution is 6.30. The van der Waals surface area contributed by atoms with Gasteiger partial charge in [0, 0.05) is 17.1 Å². The van der Waals surface area contributed by atoms with Gasteiger partial charge in [-0.1, -0.05) is 50.9 Å². The smallest absolute Gasteiger partial charge is 0.247 e. The van der Waals surface area contributed by atoms with Crippen molar-refractivity contribution >= 4 is 23.6 Å². The Morgan fingerprint density at radius 1 is 1.42 bits per heavy atom. The van der Waals surface area contributed by atoms with Crippen molar-refractivity contribution in [3.05, 3.63) is 40.4 Å². The zero-order chi connectivity index (χ0) is 14.3. The lowest BCUT2D eigenvalue weighted by Gasteiger charge is -2.10. The van der Waals surface area contributed by atoms with E-state index in [-0.39, 0.29) is 5.91 Å². The summed E-state index contributed by atoms with van der Waals surface area (Å²) < 4.78 is 0. The zero-order valence-corrected chi connectivity index (χ0v) is 12.6. The number of nitrogens with one attached hydrogen (secondary N) is 1. The molecule has 1 N–H and O–H groups in total. The molecule has 3 heteroatoms. The number of carbonyl (C=O) groups excluding carboxylic acids is 1. The van der Waals surface area contributed by atoms with Crippen LogP contribution in [0.4, 0.5) is 0 Å². The van der Waals surface area contributed by atoms with Crippen molar-refractivity contribution < 1.29 is 4.79 Å². The van der Waals surface area contributed by atoms with Crippen LogP contribution in [0.3, 0.4) is 0 Å². The van der Waals surface area contributed by atoms with Gasteiger partial charge in [-0.15, -0.1) is 0 Å². The summed E-state index contributed by atoms with van der Waals surface area (Å²) in [7, 11) is 0. The molecule has 19 heavy (non-hydrogen) atoms.